The molecule has 0 saturated carbocycles. The van der Waals surface area contributed by atoms with Gasteiger partial charge in [-0.3, -0.25) is 9.59 Å². The number of nitrogens with zero attached hydrogens (tertiary/aromatic N) is 2. The SMILES string of the molecule is COC(=O)CC(=O)CC(O)/C=C/c1c(C)nc(C)nc1-c1ccc(F)cc1. The smallest absolute Gasteiger partial charge is 0.313 e. The van der Waals surface area contributed by atoms with Crippen molar-refractivity contribution in [3.05, 3.63) is 53.2 Å². The summed E-state index contributed by atoms with van der Waals surface area (Å²) in [7, 11) is 1.20. The highest BCUT2D eigenvalue weighted by Crippen LogP contribution is 2.25. The molecule has 0 fully saturated rings. The minimum absolute atomic E-state index is 0.205. The van der Waals surface area contributed by atoms with Gasteiger partial charge >= 0.3 is 5.97 Å². The lowest BCUT2D eigenvalue weighted by Crippen LogP contribution is -2.15. The standard InChI is InChI=1S/C20H21FN2O4/c1-12-18(9-8-16(24)10-17(25)11-19(26)27-3)20(23-13(2)22-12)14-4-6-15(21)7-5-14/h4-9,16,24H,10-11H2,1-3H3/b9-8+. The fourth-order valence-electron chi connectivity index (χ4n) is 2.56. The van der Waals surface area contributed by atoms with Crippen molar-refractivity contribution < 1.29 is 23.8 Å². The van der Waals surface area contributed by atoms with Crippen LogP contribution in [0.25, 0.3) is 17.3 Å². The molecule has 1 unspecified atom stereocenters. The van der Waals surface area contributed by atoms with Gasteiger partial charge in [-0.1, -0.05) is 12.2 Å². The van der Waals surface area contributed by atoms with E-state index in [0.717, 1.165) is 0 Å². The van der Waals surface area contributed by atoms with Crippen LogP contribution in [0.4, 0.5) is 4.39 Å². The number of aryl methyl sites for hydroxylation is 2. The third kappa shape index (κ3) is 5.79. The highest BCUT2D eigenvalue weighted by atomic mass is 19.1. The predicted octanol–water partition coefficient (Wildman–Crippen LogP) is 2.80. The number of hydrogen-bond acceptors (Lipinski definition) is 6. The molecule has 0 spiro atoms. The number of aliphatic hydroxyl groups is 1. The normalized spacial score (nSPS) is 12.2. The van der Waals surface area contributed by atoms with Gasteiger partial charge in [0.15, 0.2) is 0 Å². The summed E-state index contributed by atoms with van der Waals surface area (Å²) in [6.07, 6.45) is 1.43. The number of aliphatic hydroxyl groups excluding tert-OH is 1. The number of benzene rings is 1. The summed E-state index contributed by atoms with van der Waals surface area (Å²) in [5, 5.41) is 10.1. The Hall–Kier alpha value is -2.93. The number of Topliss-reactive ketones (excluding diaryl/α,β-unsaturated/α-hetero) is 1. The predicted molar refractivity (Wildman–Crippen MR) is 98.2 cm³/mol. The van der Waals surface area contributed by atoms with Crippen molar-refractivity contribution in [1.29, 1.82) is 0 Å². The van der Waals surface area contributed by atoms with Crippen molar-refractivity contribution in [3.63, 3.8) is 0 Å². The molecule has 1 N–H and O–H groups in total. The van der Waals surface area contributed by atoms with Crippen LogP contribution in [-0.2, 0) is 14.3 Å². The zero-order valence-corrected chi connectivity index (χ0v) is 15.4. The second-order valence-corrected chi connectivity index (χ2v) is 6.05. The van der Waals surface area contributed by atoms with Crippen LogP contribution in [0.1, 0.15) is 29.9 Å². The van der Waals surface area contributed by atoms with Gasteiger partial charge in [0.2, 0.25) is 0 Å². The Morgan fingerprint density at radius 2 is 1.89 bits per heavy atom. The zero-order valence-electron chi connectivity index (χ0n) is 15.4. The van der Waals surface area contributed by atoms with Gasteiger partial charge in [-0.2, -0.15) is 0 Å². The van der Waals surface area contributed by atoms with Crippen molar-refractivity contribution in [2.75, 3.05) is 7.11 Å². The summed E-state index contributed by atoms with van der Waals surface area (Å²) >= 11 is 0. The Bertz CT molecular complexity index is 863. The van der Waals surface area contributed by atoms with Gasteiger partial charge in [0.1, 0.15) is 23.8 Å². The molecule has 1 heterocycles. The van der Waals surface area contributed by atoms with E-state index < -0.39 is 17.9 Å². The van der Waals surface area contributed by atoms with E-state index in [1.165, 1.54) is 25.3 Å². The third-order valence-electron chi connectivity index (χ3n) is 3.86. The number of rotatable bonds is 7. The molecule has 0 radical (unpaired) electrons. The molecule has 1 aromatic heterocycles. The molecule has 142 valence electrons. The zero-order chi connectivity index (χ0) is 20.0. The highest BCUT2D eigenvalue weighted by Gasteiger charge is 2.14. The van der Waals surface area contributed by atoms with E-state index in [0.29, 0.717) is 28.3 Å². The van der Waals surface area contributed by atoms with Gasteiger partial charge < -0.3 is 9.84 Å². The van der Waals surface area contributed by atoms with Crippen LogP contribution in [0.5, 0.6) is 0 Å². The van der Waals surface area contributed by atoms with Crippen LogP contribution in [-0.4, -0.2) is 40.0 Å². The van der Waals surface area contributed by atoms with Gasteiger partial charge in [0.25, 0.3) is 0 Å². The van der Waals surface area contributed by atoms with Crippen molar-refractivity contribution in [3.8, 4) is 11.3 Å². The van der Waals surface area contributed by atoms with E-state index >= 15 is 0 Å². The maximum Gasteiger partial charge on any atom is 0.313 e. The van der Waals surface area contributed by atoms with E-state index in [2.05, 4.69) is 14.7 Å². The van der Waals surface area contributed by atoms with E-state index in [9.17, 15) is 19.1 Å². The van der Waals surface area contributed by atoms with Gasteiger partial charge in [0, 0.05) is 23.2 Å². The third-order valence-corrected chi connectivity index (χ3v) is 3.86. The quantitative estimate of drug-likeness (QED) is 0.594. The van der Waals surface area contributed by atoms with E-state index in [-0.39, 0.29) is 18.7 Å². The molecular formula is C20H21FN2O4. The average Bonchev–Trinajstić information content (AvgIpc) is 2.60. The van der Waals surface area contributed by atoms with E-state index in [1.54, 1.807) is 32.1 Å². The molecule has 0 aliphatic heterocycles. The molecule has 1 atom stereocenters. The summed E-state index contributed by atoms with van der Waals surface area (Å²) in [5.41, 5.74) is 2.66. The molecule has 6 nitrogen and oxygen atoms in total. The summed E-state index contributed by atoms with van der Waals surface area (Å²) in [5.74, 6) is -0.845. The fourth-order valence-corrected chi connectivity index (χ4v) is 2.56. The lowest BCUT2D eigenvalue weighted by atomic mass is 10.0. The van der Waals surface area contributed by atoms with Crippen molar-refractivity contribution in [2.24, 2.45) is 0 Å². The molecular weight excluding hydrogens is 351 g/mol. The Balaban J connectivity index is 2.24. The van der Waals surface area contributed by atoms with Gasteiger partial charge in [0.05, 0.1) is 18.9 Å². The molecule has 0 bridgehead atoms. The highest BCUT2D eigenvalue weighted by molar-refractivity contribution is 5.95. The number of carbonyl (C=O) groups excluding carboxylic acids is 2. The second-order valence-electron chi connectivity index (χ2n) is 6.05. The van der Waals surface area contributed by atoms with Gasteiger partial charge in [-0.25, -0.2) is 14.4 Å². The first-order valence-corrected chi connectivity index (χ1v) is 8.36. The molecule has 2 rings (SSSR count). The van der Waals surface area contributed by atoms with Gasteiger partial charge in [-0.15, -0.1) is 0 Å². The summed E-state index contributed by atoms with van der Waals surface area (Å²) in [6.45, 7) is 3.56. The number of methoxy groups -OCH3 is 1. The fraction of sp³-hybridized carbons (Fsp3) is 0.300. The lowest BCUT2D eigenvalue weighted by Gasteiger charge is -2.10. The monoisotopic (exact) mass is 372 g/mol. The van der Waals surface area contributed by atoms with Crippen LogP contribution in [0.2, 0.25) is 0 Å². The first kappa shape index (κ1) is 20.4. The second kappa shape index (κ2) is 9.14. The number of esters is 1. The van der Waals surface area contributed by atoms with Gasteiger partial charge in [-0.05, 0) is 38.1 Å². The molecule has 2 aromatic rings. The van der Waals surface area contributed by atoms with Crippen LogP contribution in [0.3, 0.4) is 0 Å². The Morgan fingerprint density at radius 1 is 1.22 bits per heavy atom. The molecule has 7 heteroatoms. The Labute approximate surface area is 156 Å². The minimum Gasteiger partial charge on any atom is -0.469 e. The van der Waals surface area contributed by atoms with Crippen molar-refractivity contribution >= 4 is 17.8 Å². The van der Waals surface area contributed by atoms with Crippen LogP contribution in [0.15, 0.2) is 30.3 Å². The molecule has 27 heavy (non-hydrogen) atoms. The topological polar surface area (TPSA) is 89.4 Å². The van der Waals surface area contributed by atoms with Crippen LogP contribution >= 0.6 is 0 Å². The first-order valence-electron chi connectivity index (χ1n) is 8.36. The van der Waals surface area contributed by atoms with Crippen molar-refractivity contribution in [1.82, 2.24) is 9.97 Å². The molecule has 0 aliphatic carbocycles. The van der Waals surface area contributed by atoms with Crippen LogP contribution < -0.4 is 0 Å². The maximum atomic E-state index is 13.2. The largest absolute Gasteiger partial charge is 0.469 e. The molecule has 0 saturated heterocycles. The van der Waals surface area contributed by atoms with Crippen molar-refractivity contribution in [2.45, 2.75) is 32.8 Å². The number of halogens is 1. The molecule has 0 amide bonds. The first-order chi connectivity index (χ1) is 12.8. The molecule has 1 aromatic carbocycles. The number of aromatic nitrogens is 2. The summed E-state index contributed by atoms with van der Waals surface area (Å²) < 4.78 is 17.6. The number of hydrogen-bond donors (Lipinski definition) is 1. The Morgan fingerprint density at radius 3 is 2.52 bits per heavy atom. The van der Waals surface area contributed by atoms with E-state index in [4.69, 9.17) is 0 Å². The average molecular weight is 372 g/mol. The Kier molecular flexibility index (Phi) is 6.90. The minimum atomic E-state index is -1.07. The van der Waals surface area contributed by atoms with Crippen LogP contribution in [0, 0.1) is 19.7 Å². The lowest BCUT2D eigenvalue weighted by molar-refractivity contribution is -0.143. The summed E-state index contributed by atoms with van der Waals surface area (Å²) in [6, 6.07) is 5.92. The maximum absolute atomic E-state index is 13.2. The molecule has 0 aliphatic rings. The van der Waals surface area contributed by atoms with E-state index in [1.807, 2.05) is 0 Å². The summed E-state index contributed by atoms with van der Waals surface area (Å²) in [4.78, 5) is 31.6. The number of carbonyl (C=O) groups is 2. The number of ketones is 1. The number of ether oxygens (including phenoxy) is 1.